The molecule has 5 rings (SSSR count). The summed E-state index contributed by atoms with van der Waals surface area (Å²) in [4.78, 5) is 34.9. The minimum Gasteiger partial charge on any atom is -0.312 e. The highest BCUT2D eigenvalue weighted by Crippen LogP contribution is 2.27. The molecule has 30 heavy (non-hydrogen) atoms. The van der Waals surface area contributed by atoms with Crippen molar-refractivity contribution in [3.63, 3.8) is 0 Å². The summed E-state index contributed by atoms with van der Waals surface area (Å²) >= 11 is 7.52. The highest BCUT2D eigenvalue weighted by molar-refractivity contribution is 7.15. The maximum Gasteiger partial charge on any atom is 0.261 e. The van der Waals surface area contributed by atoms with Gasteiger partial charge in [-0.2, -0.15) is 0 Å². The molecule has 2 amide bonds. The van der Waals surface area contributed by atoms with E-state index >= 15 is 0 Å². The molecule has 2 aromatic heterocycles. The van der Waals surface area contributed by atoms with Crippen molar-refractivity contribution < 1.29 is 9.59 Å². The fourth-order valence-electron chi connectivity index (χ4n) is 3.21. The van der Waals surface area contributed by atoms with Crippen molar-refractivity contribution in [3.05, 3.63) is 69.8 Å². The molecule has 0 saturated carbocycles. The van der Waals surface area contributed by atoms with Crippen molar-refractivity contribution in [1.29, 1.82) is 0 Å². The van der Waals surface area contributed by atoms with E-state index in [0.29, 0.717) is 44.5 Å². The molecule has 2 aromatic carbocycles. The highest BCUT2D eigenvalue weighted by Gasteiger charge is 2.34. The monoisotopic (exact) mass is 436 g/mol. The number of para-hydroxylation sites is 2. The zero-order valence-electron chi connectivity index (χ0n) is 15.4. The fraction of sp³-hybridized carbons (Fsp3) is 0.100. The minimum atomic E-state index is -0.281. The SMILES string of the molecule is O=C1c2ccccc2C(=O)N1CCc1nnc(Nc2nc3ccccc3nc2Cl)s1. The van der Waals surface area contributed by atoms with Gasteiger partial charge in [0.25, 0.3) is 11.8 Å². The Balaban J connectivity index is 1.28. The molecule has 148 valence electrons. The molecule has 0 saturated heterocycles. The maximum absolute atomic E-state index is 12.4. The Morgan fingerprint density at radius 1 is 0.900 bits per heavy atom. The Kier molecular flexibility index (Phi) is 4.61. The Hall–Kier alpha value is -3.43. The molecule has 1 aliphatic heterocycles. The van der Waals surface area contributed by atoms with Crippen LogP contribution in [0.1, 0.15) is 25.7 Å². The molecule has 0 fully saturated rings. The smallest absolute Gasteiger partial charge is 0.261 e. The number of hydrogen-bond donors (Lipinski definition) is 1. The molecule has 0 atom stereocenters. The van der Waals surface area contributed by atoms with E-state index in [4.69, 9.17) is 11.6 Å². The molecular formula is C20H13ClN6O2S. The summed E-state index contributed by atoms with van der Waals surface area (Å²) in [5.74, 6) is -0.174. The van der Waals surface area contributed by atoms with E-state index in [0.717, 1.165) is 0 Å². The summed E-state index contributed by atoms with van der Waals surface area (Å²) in [6.07, 6.45) is 0.405. The van der Waals surface area contributed by atoms with Gasteiger partial charge in [0.15, 0.2) is 11.0 Å². The fourth-order valence-corrected chi connectivity index (χ4v) is 4.12. The van der Waals surface area contributed by atoms with Gasteiger partial charge in [-0.05, 0) is 24.3 Å². The number of halogens is 1. The molecule has 1 aliphatic rings. The van der Waals surface area contributed by atoms with Crippen LogP contribution < -0.4 is 5.32 Å². The van der Waals surface area contributed by atoms with Crippen molar-refractivity contribution in [2.24, 2.45) is 0 Å². The number of nitrogens with zero attached hydrogens (tertiary/aromatic N) is 5. The molecule has 0 bridgehead atoms. The van der Waals surface area contributed by atoms with Gasteiger partial charge in [0.05, 0.1) is 22.2 Å². The number of fused-ring (bicyclic) bond motifs is 2. The van der Waals surface area contributed by atoms with Crippen LogP contribution in [0.25, 0.3) is 11.0 Å². The number of aromatic nitrogens is 4. The molecule has 8 nitrogen and oxygen atoms in total. The number of imide groups is 1. The average molecular weight is 437 g/mol. The molecule has 0 aliphatic carbocycles. The first-order valence-corrected chi connectivity index (χ1v) is 10.3. The van der Waals surface area contributed by atoms with Crippen LogP contribution in [0.2, 0.25) is 5.15 Å². The molecule has 10 heteroatoms. The standard InChI is InChI=1S/C20H13ClN6O2S/c21-16-17(23-14-8-4-3-7-13(14)22-16)24-20-26-25-15(30-20)9-10-27-18(28)11-5-1-2-6-12(11)19(27)29/h1-8H,9-10H2,(H,23,24,26). The first-order chi connectivity index (χ1) is 14.6. The molecule has 0 unspecified atom stereocenters. The number of nitrogens with one attached hydrogen (secondary N) is 1. The Morgan fingerprint density at radius 3 is 2.23 bits per heavy atom. The van der Waals surface area contributed by atoms with Gasteiger partial charge in [-0.15, -0.1) is 10.2 Å². The van der Waals surface area contributed by atoms with Gasteiger partial charge >= 0.3 is 0 Å². The number of carbonyl (C=O) groups excluding carboxylic acids is 2. The summed E-state index contributed by atoms with van der Waals surface area (Å²) in [6.45, 7) is 0.234. The molecular weight excluding hydrogens is 424 g/mol. The average Bonchev–Trinajstić information content (AvgIpc) is 3.30. The third-order valence-electron chi connectivity index (χ3n) is 4.65. The lowest BCUT2D eigenvalue weighted by Crippen LogP contribution is -2.31. The summed E-state index contributed by atoms with van der Waals surface area (Å²) in [7, 11) is 0. The lowest BCUT2D eigenvalue weighted by Gasteiger charge is -2.12. The van der Waals surface area contributed by atoms with Crippen LogP contribution in [0, 0.1) is 0 Å². The van der Waals surface area contributed by atoms with Crippen LogP contribution in [0.5, 0.6) is 0 Å². The predicted molar refractivity (Wildman–Crippen MR) is 113 cm³/mol. The Bertz CT molecular complexity index is 1270. The summed E-state index contributed by atoms with van der Waals surface area (Å²) in [5.41, 5.74) is 2.28. The number of benzene rings is 2. The minimum absolute atomic E-state index is 0.233. The van der Waals surface area contributed by atoms with Crippen LogP contribution in [0.3, 0.4) is 0 Å². The molecule has 1 N–H and O–H groups in total. The third-order valence-corrected chi connectivity index (χ3v) is 5.81. The van der Waals surface area contributed by atoms with Crippen LogP contribution in [0.4, 0.5) is 10.9 Å². The second-order valence-corrected chi connectivity index (χ2v) is 7.96. The second kappa shape index (κ2) is 7.43. The summed E-state index contributed by atoms with van der Waals surface area (Å²) < 4.78 is 0. The number of rotatable bonds is 5. The van der Waals surface area contributed by atoms with E-state index in [1.807, 2.05) is 24.3 Å². The summed E-state index contributed by atoms with van der Waals surface area (Å²) in [5, 5.41) is 12.7. The predicted octanol–water partition coefficient (Wildman–Crippen LogP) is 3.72. The number of amides is 2. The van der Waals surface area contributed by atoms with Gasteiger partial charge in [0.2, 0.25) is 5.13 Å². The van der Waals surface area contributed by atoms with Crippen molar-refractivity contribution in [3.8, 4) is 0 Å². The van der Waals surface area contributed by atoms with Crippen LogP contribution >= 0.6 is 22.9 Å². The van der Waals surface area contributed by atoms with Gasteiger partial charge in [0.1, 0.15) is 5.01 Å². The Labute approximate surface area is 179 Å². The van der Waals surface area contributed by atoms with E-state index in [2.05, 4.69) is 25.5 Å². The van der Waals surface area contributed by atoms with E-state index in [9.17, 15) is 9.59 Å². The van der Waals surface area contributed by atoms with Gasteiger partial charge in [-0.1, -0.05) is 47.2 Å². The Morgan fingerprint density at radius 2 is 1.53 bits per heavy atom. The molecule has 0 spiro atoms. The lowest BCUT2D eigenvalue weighted by atomic mass is 10.1. The van der Waals surface area contributed by atoms with E-state index < -0.39 is 0 Å². The second-order valence-electron chi connectivity index (χ2n) is 6.54. The largest absolute Gasteiger partial charge is 0.312 e. The number of carbonyl (C=O) groups is 2. The van der Waals surface area contributed by atoms with Crippen molar-refractivity contribution in [2.75, 3.05) is 11.9 Å². The van der Waals surface area contributed by atoms with Gasteiger partial charge in [-0.25, -0.2) is 9.97 Å². The van der Waals surface area contributed by atoms with Crippen molar-refractivity contribution in [2.45, 2.75) is 6.42 Å². The highest BCUT2D eigenvalue weighted by atomic mass is 35.5. The van der Waals surface area contributed by atoms with Crippen LogP contribution in [-0.2, 0) is 6.42 Å². The normalized spacial score (nSPS) is 13.2. The summed E-state index contributed by atoms with van der Waals surface area (Å²) in [6, 6.07) is 14.2. The van der Waals surface area contributed by atoms with Gasteiger partial charge in [0, 0.05) is 13.0 Å². The van der Waals surface area contributed by atoms with E-state index in [1.54, 1.807) is 24.3 Å². The van der Waals surface area contributed by atoms with Gasteiger partial charge < -0.3 is 5.32 Å². The number of anilines is 2. The lowest BCUT2D eigenvalue weighted by molar-refractivity contribution is 0.0656. The first kappa shape index (κ1) is 18.6. The quantitative estimate of drug-likeness (QED) is 0.476. The van der Waals surface area contributed by atoms with E-state index in [-0.39, 0.29) is 23.5 Å². The molecule has 3 heterocycles. The zero-order chi connectivity index (χ0) is 20.7. The zero-order valence-corrected chi connectivity index (χ0v) is 16.9. The molecule has 4 aromatic rings. The van der Waals surface area contributed by atoms with Crippen molar-refractivity contribution >= 4 is 56.7 Å². The van der Waals surface area contributed by atoms with Gasteiger partial charge in [-0.3, -0.25) is 14.5 Å². The third kappa shape index (κ3) is 3.27. The van der Waals surface area contributed by atoms with Crippen LogP contribution in [-0.4, -0.2) is 43.4 Å². The van der Waals surface area contributed by atoms with E-state index in [1.165, 1.54) is 16.2 Å². The maximum atomic E-state index is 12.4. The first-order valence-electron chi connectivity index (χ1n) is 9.07. The molecule has 0 radical (unpaired) electrons. The van der Waals surface area contributed by atoms with Crippen LogP contribution in [0.15, 0.2) is 48.5 Å². The topological polar surface area (TPSA) is 101 Å². The number of hydrogen-bond acceptors (Lipinski definition) is 8. The van der Waals surface area contributed by atoms with Crippen molar-refractivity contribution in [1.82, 2.24) is 25.1 Å².